The van der Waals surface area contributed by atoms with Crippen molar-refractivity contribution < 1.29 is 14.5 Å². The largest absolute Gasteiger partial charge is 0.451 e. The Bertz CT molecular complexity index is 980. The van der Waals surface area contributed by atoms with E-state index in [1.807, 2.05) is 60.7 Å². The monoisotopic (exact) mass is 470 g/mol. The number of rotatable bonds is 10. The molecule has 0 saturated heterocycles. The lowest BCUT2D eigenvalue weighted by molar-refractivity contribution is -0.384. The molecule has 166 valence electrons. The van der Waals surface area contributed by atoms with Crippen LogP contribution < -0.4 is 5.73 Å². The first-order valence-electron chi connectivity index (χ1n) is 10.0. The molecule has 2 unspecified atom stereocenters. The number of non-ortho nitro benzene ring substituents is 1. The second-order valence-corrected chi connectivity index (χ2v) is 8.85. The van der Waals surface area contributed by atoms with Crippen LogP contribution in [0.15, 0.2) is 89.8 Å². The molecule has 0 amide bonds. The van der Waals surface area contributed by atoms with Crippen LogP contribution in [0.1, 0.15) is 23.7 Å². The minimum atomic E-state index is -0.870. The van der Waals surface area contributed by atoms with Crippen molar-refractivity contribution in [2.45, 2.75) is 28.8 Å². The van der Waals surface area contributed by atoms with Crippen molar-refractivity contribution in [2.75, 3.05) is 5.75 Å². The zero-order chi connectivity index (χ0) is 22.9. The van der Waals surface area contributed by atoms with E-state index in [0.29, 0.717) is 5.75 Å². The molecule has 6 nitrogen and oxygen atoms in total. The van der Waals surface area contributed by atoms with Gasteiger partial charge in [0.05, 0.1) is 4.92 Å². The summed E-state index contributed by atoms with van der Waals surface area (Å²) in [6, 6.07) is 24.4. The van der Waals surface area contributed by atoms with Crippen LogP contribution in [0.4, 0.5) is 5.69 Å². The van der Waals surface area contributed by atoms with Gasteiger partial charge in [-0.25, -0.2) is 0 Å². The van der Waals surface area contributed by atoms with E-state index in [1.165, 1.54) is 23.9 Å². The molecule has 3 aromatic carbocycles. The standard InChI is InChI=1S/C24H23ClN2O4S/c25-19(16-32-21-13-11-20(12-14-21)27(29)30)15-22(26)24(28)31-23(17-7-3-1-4-8-17)18-9-5-2-6-10-18/h1-14,19,22-23H,15-16,26H2. The van der Waals surface area contributed by atoms with E-state index in [4.69, 9.17) is 22.1 Å². The van der Waals surface area contributed by atoms with Gasteiger partial charge in [-0.3, -0.25) is 14.9 Å². The molecule has 8 heteroatoms. The van der Waals surface area contributed by atoms with Gasteiger partial charge in [-0.15, -0.1) is 23.4 Å². The number of nitro groups is 1. The molecular weight excluding hydrogens is 448 g/mol. The molecule has 2 N–H and O–H groups in total. The number of nitrogens with zero attached hydrogens (tertiary/aromatic N) is 1. The van der Waals surface area contributed by atoms with Crippen molar-refractivity contribution in [3.63, 3.8) is 0 Å². The zero-order valence-electron chi connectivity index (χ0n) is 17.2. The number of thioether (sulfide) groups is 1. The number of alkyl halides is 1. The fraction of sp³-hybridized carbons (Fsp3) is 0.208. The van der Waals surface area contributed by atoms with Gasteiger partial charge in [0.15, 0.2) is 6.10 Å². The average Bonchev–Trinajstić information content (AvgIpc) is 2.82. The number of nitro benzene ring substituents is 1. The van der Waals surface area contributed by atoms with Gasteiger partial charge in [0.25, 0.3) is 5.69 Å². The lowest BCUT2D eigenvalue weighted by Gasteiger charge is -2.22. The molecule has 0 aliphatic carbocycles. The van der Waals surface area contributed by atoms with Gasteiger partial charge in [0.1, 0.15) is 6.04 Å². The molecule has 0 aliphatic heterocycles. The molecule has 0 saturated carbocycles. The van der Waals surface area contributed by atoms with Crippen LogP contribution in [-0.2, 0) is 9.53 Å². The minimum absolute atomic E-state index is 0.0351. The van der Waals surface area contributed by atoms with Gasteiger partial charge in [0, 0.05) is 28.2 Å². The molecule has 0 heterocycles. The van der Waals surface area contributed by atoms with Crippen molar-refractivity contribution >= 4 is 35.0 Å². The smallest absolute Gasteiger partial charge is 0.323 e. The van der Waals surface area contributed by atoms with Crippen molar-refractivity contribution in [2.24, 2.45) is 5.73 Å². The topological polar surface area (TPSA) is 95.5 Å². The Labute approximate surface area is 195 Å². The van der Waals surface area contributed by atoms with E-state index in [9.17, 15) is 14.9 Å². The van der Waals surface area contributed by atoms with Crippen LogP contribution >= 0.6 is 23.4 Å². The minimum Gasteiger partial charge on any atom is -0.451 e. The summed E-state index contributed by atoms with van der Waals surface area (Å²) >= 11 is 7.85. The molecule has 0 bridgehead atoms. The zero-order valence-corrected chi connectivity index (χ0v) is 18.7. The van der Waals surface area contributed by atoms with Gasteiger partial charge in [-0.1, -0.05) is 60.7 Å². The number of nitrogens with two attached hydrogens (primary N) is 1. The summed E-state index contributed by atoms with van der Waals surface area (Å²) in [5, 5.41) is 10.4. The number of benzene rings is 3. The van der Waals surface area contributed by atoms with Crippen LogP contribution in [-0.4, -0.2) is 28.1 Å². The molecular formula is C24H23ClN2O4S. The summed E-state index contributed by atoms with van der Waals surface area (Å²) in [6.07, 6.45) is -0.310. The van der Waals surface area contributed by atoms with E-state index in [0.717, 1.165) is 16.0 Å². The average molecular weight is 471 g/mol. The predicted octanol–water partition coefficient (Wildman–Crippen LogP) is 5.34. The van der Waals surface area contributed by atoms with Crippen LogP contribution in [0, 0.1) is 10.1 Å². The van der Waals surface area contributed by atoms with Crippen LogP contribution in [0.5, 0.6) is 0 Å². The Kier molecular flexibility index (Phi) is 8.67. The van der Waals surface area contributed by atoms with Crippen LogP contribution in [0.25, 0.3) is 0 Å². The molecule has 0 spiro atoms. The molecule has 3 rings (SSSR count). The molecule has 0 aromatic heterocycles. The van der Waals surface area contributed by atoms with Crippen molar-refractivity contribution in [1.29, 1.82) is 0 Å². The second kappa shape index (κ2) is 11.7. The molecule has 3 aromatic rings. The van der Waals surface area contributed by atoms with Crippen molar-refractivity contribution in [3.05, 3.63) is 106 Å². The Morgan fingerprint density at radius 3 is 2.00 bits per heavy atom. The van der Waals surface area contributed by atoms with Gasteiger partial charge >= 0.3 is 5.97 Å². The lowest BCUT2D eigenvalue weighted by atomic mass is 10.0. The van der Waals surface area contributed by atoms with Gasteiger partial charge in [-0.2, -0.15) is 0 Å². The Morgan fingerprint density at radius 1 is 0.969 bits per heavy atom. The molecule has 32 heavy (non-hydrogen) atoms. The predicted molar refractivity (Wildman–Crippen MR) is 127 cm³/mol. The summed E-state index contributed by atoms with van der Waals surface area (Å²) in [4.78, 5) is 23.9. The lowest BCUT2D eigenvalue weighted by Crippen LogP contribution is -2.36. The summed E-state index contributed by atoms with van der Waals surface area (Å²) in [7, 11) is 0. The second-order valence-electron chi connectivity index (χ2n) is 7.14. The van der Waals surface area contributed by atoms with Gasteiger partial charge < -0.3 is 10.5 Å². The highest BCUT2D eigenvalue weighted by Gasteiger charge is 2.25. The van der Waals surface area contributed by atoms with E-state index >= 15 is 0 Å². The highest BCUT2D eigenvalue weighted by Crippen LogP contribution is 2.28. The van der Waals surface area contributed by atoms with Crippen LogP contribution in [0.3, 0.4) is 0 Å². The molecule has 0 aliphatic rings. The summed E-state index contributed by atoms with van der Waals surface area (Å²) in [6.45, 7) is 0. The van der Waals surface area contributed by atoms with E-state index < -0.39 is 23.0 Å². The number of halogens is 1. The number of ether oxygens (including phenoxy) is 1. The SMILES string of the molecule is NC(CC(Cl)CSc1ccc([N+](=O)[O-])cc1)C(=O)OC(c1ccccc1)c1ccccc1. The third-order valence-corrected chi connectivity index (χ3v) is 6.42. The normalized spacial score (nSPS) is 12.8. The number of carbonyl (C=O) groups excluding carboxylic acids is 1. The maximum atomic E-state index is 12.7. The first kappa shape index (κ1) is 23.8. The highest BCUT2D eigenvalue weighted by molar-refractivity contribution is 7.99. The maximum Gasteiger partial charge on any atom is 0.323 e. The van der Waals surface area contributed by atoms with Gasteiger partial charge in [0.2, 0.25) is 0 Å². The number of hydrogen-bond acceptors (Lipinski definition) is 6. The number of esters is 1. The molecule has 2 atom stereocenters. The Morgan fingerprint density at radius 2 is 1.50 bits per heavy atom. The van der Waals surface area contributed by atoms with E-state index in [-0.39, 0.29) is 17.5 Å². The highest BCUT2D eigenvalue weighted by atomic mass is 35.5. The number of carbonyl (C=O) groups is 1. The molecule has 0 fully saturated rings. The quantitative estimate of drug-likeness (QED) is 0.141. The third-order valence-electron chi connectivity index (χ3n) is 4.73. The van der Waals surface area contributed by atoms with Gasteiger partial charge in [-0.05, 0) is 29.7 Å². The molecule has 0 radical (unpaired) electrons. The third kappa shape index (κ3) is 6.82. The fourth-order valence-electron chi connectivity index (χ4n) is 3.08. The number of hydrogen-bond donors (Lipinski definition) is 1. The summed E-state index contributed by atoms with van der Waals surface area (Å²) < 4.78 is 5.79. The Hall–Kier alpha value is -2.87. The van der Waals surface area contributed by atoms with E-state index in [1.54, 1.807) is 12.1 Å². The fourth-order valence-corrected chi connectivity index (χ4v) is 4.30. The van der Waals surface area contributed by atoms with Crippen LogP contribution in [0.2, 0.25) is 0 Å². The Balaban J connectivity index is 1.57. The van der Waals surface area contributed by atoms with Crippen molar-refractivity contribution in [1.82, 2.24) is 0 Å². The maximum absolute atomic E-state index is 12.7. The first-order valence-corrected chi connectivity index (χ1v) is 11.4. The van der Waals surface area contributed by atoms with E-state index in [2.05, 4.69) is 0 Å². The first-order chi connectivity index (χ1) is 15.4. The van der Waals surface area contributed by atoms with Crippen molar-refractivity contribution in [3.8, 4) is 0 Å². The summed E-state index contributed by atoms with van der Waals surface area (Å²) in [5.74, 6) is -0.0186. The summed E-state index contributed by atoms with van der Waals surface area (Å²) in [5.41, 5.74) is 7.85.